The van der Waals surface area contributed by atoms with Gasteiger partial charge < -0.3 is 9.64 Å². The summed E-state index contributed by atoms with van der Waals surface area (Å²) >= 11 is 0. The van der Waals surface area contributed by atoms with E-state index in [0.29, 0.717) is 18.7 Å². The van der Waals surface area contributed by atoms with Crippen LogP contribution in [-0.4, -0.2) is 29.0 Å². The van der Waals surface area contributed by atoms with Crippen molar-refractivity contribution in [3.8, 4) is 0 Å². The summed E-state index contributed by atoms with van der Waals surface area (Å²) in [4.78, 5) is 23.4. The van der Waals surface area contributed by atoms with Gasteiger partial charge in [0.1, 0.15) is 6.61 Å². The predicted octanol–water partition coefficient (Wildman–Crippen LogP) is 2.57. The molecule has 0 aliphatic rings. The van der Waals surface area contributed by atoms with Gasteiger partial charge in [-0.2, -0.15) is 0 Å². The average Bonchev–Trinajstić information content (AvgIpc) is 2.38. The number of hydrogen-bond acceptors (Lipinski definition) is 4. The van der Waals surface area contributed by atoms with Crippen LogP contribution in [0.1, 0.15) is 19.4 Å². The van der Waals surface area contributed by atoms with Gasteiger partial charge in [0, 0.05) is 19.2 Å². The van der Waals surface area contributed by atoms with Crippen molar-refractivity contribution < 1.29 is 14.5 Å². The van der Waals surface area contributed by atoms with Crippen LogP contribution >= 0.6 is 0 Å². The fourth-order valence-corrected chi connectivity index (χ4v) is 1.52. The maximum absolute atomic E-state index is 11.6. The minimum absolute atomic E-state index is 0.0372. The quantitative estimate of drug-likeness (QED) is 0.596. The minimum atomic E-state index is -0.486. The van der Waals surface area contributed by atoms with E-state index < -0.39 is 11.0 Å². The zero-order valence-corrected chi connectivity index (χ0v) is 10.5. The summed E-state index contributed by atoms with van der Waals surface area (Å²) in [7, 11) is 0. The van der Waals surface area contributed by atoms with E-state index in [-0.39, 0.29) is 12.3 Å². The van der Waals surface area contributed by atoms with Crippen molar-refractivity contribution in [2.75, 3.05) is 13.1 Å². The zero-order valence-electron chi connectivity index (χ0n) is 10.5. The average molecular weight is 252 g/mol. The Morgan fingerprint density at radius 3 is 2.50 bits per heavy atom. The lowest BCUT2D eigenvalue weighted by atomic mass is 10.2. The summed E-state index contributed by atoms with van der Waals surface area (Å²) in [5.74, 6) is 0. The maximum Gasteiger partial charge on any atom is 0.410 e. The minimum Gasteiger partial charge on any atom is -0.444 e. The summed E-state index contributed by atoms with van der Waals surface area (Å²) < 4.78 is 5.05. The molecular formula is C12H16N2O4. The molecule has 0 aliphatic heterocycles. The topological polar surface area (TPSA) is 72.7 Å². The highest BCUT2D eigenvalue weighted by Crippen LogP contribution is 2.18. The number of amides is 1. The number of nitrogens with zero attached hydrogens (tertiary/aromatic N) is 2. The van der Waals surface area contributed by atoms with E-state index >= 15 is 0 Å². The number of para-hydroxylation sites is 1. The largest absolute Gasteiger partial charge is 0.444 e. The standard InChI is InChI=1S/C12H16N2O4/c1-3-13(4-2)12(15)18-9-10-7-5-6-8-11(10)14(16)17/h5-8H,3-4,9H2,1-2H3. The first-order valence-electron chi connectivity index (χ1n) is 5.74. The van der Waals surface area contributed by atoms with E-state index in [9.17, 15) is 14.9 Å². The second-order valence-electron chi connectivity index (χ2n) is 3.61. The Morgan fingerprint density at radius 1 is 1.33 bits per heavy atom. The van der Waals surface area contributed by atoms with Crippen molar-refractivity contribution in [1.29, 1.82) is 0 Å². The number of carbonyl (C=O) groups is 1. The molecule has 0 heterocycles. The van der Waals surface area contributed by atoms with E-state index in [2.05, 4.69) is 0 Å². The van der Waals surface area contributed by atoms with Crippen molar-refractivity contribution in [2.24, 2.45) is 0 Å². The predicted molar refractivity (Wildman–Crippen MR) is 66.2 cm³/mol. The lowest BCUT2D eigenvalue weighted by molar-refractivity contribution is -0.385. The molecule has 0 saturated heterocycles. The summed E-state index contributed by atoms with van der Waals surface area (Å²) in [6, 6.07) is 6.22. The van der Waals surface area contributed by atoms with Crippen LogP contribution in [0.25, 0.3) is 0 Å². The molecule has 6 heteroatoms. The molecule has 1 aromatic carbocycles. The molecule has 1 rings (SSSR count). The van der Waals surface area contributed by atoms with Crippen LogP contribution in [0.2, 0.25) is 0 Å². The highest BCUT2D eigenvalue weighted by Gasteiger charge is 2.16. The number of nitro benzene ring substituents is 1. The van der Waals surface area contributed by atoms with Gasteiger partial charge in [0.05, 0.1) is 10.5 Å². The number of rotatable bonds is 5. The molecule has 0 aromatic heterocycles. The normalized spacial score (nSPS) is 9.89. The molecule has 98 valence electrons. The fourth-order valence-electron chi connectivity index (χ4n) is 1.52. The van der Waals surface area contributed by atoms with Crippen LogP contribution in [0.5, 0.6) is 0 Å². The SMILES string of the molecule is CCN(CC)C(=O)OCc1ccccc1[N+](=O)[O-]. The van der Waals surface area contributed by atoms with Crippen LogP contribution < -0.4 is 0 Å². The van der Waals surface area contributed by atoms with Gasteiger partial charge in [-0.1, -0.05) is 12.1 Å². The van der Waals surface area contributed by atoms with Gasteiger partial charge in [-0.05, 0) is 19.9 Å². The second-order valence-corrected chi connectivity index (χ2v) is 3.61. The Bertz CT molecular complexity index is 430. The van der Waals surface area contributed by atoms with Crippen molar-refractivity contribution in [1.82, 2.24) is 4.90 Å². The molecule has 1 amide bonds. The van der Waals surface area contributed by atoms with Crippen LogP contribution in [-0.2, 0) is 11.3 Å². The lowest BCUT2D eigenvalue weighted by Crippen LogP contribution is -2.30. The Labute approximate surface area is 105 Å². The number of benzene rings is 1. The first-order valence-corrected chi connectivity index (χ1v) is 5.74. The van der Waals surface area contributed by atoms with Crippen molar-refractivity contribution in [3.05, 3.63) is 39.9 Å². The lowest BCUT2D eigenvalue weighted by Gasteiger charge is -2.17. The monoisotopic (exact) mass is 252 g/mol. The molecule has 0 N–H and O–H groups in total. The Kier molecular flexibility index (Phi) is 5.10. The third-order valence-electron chi connectivity index (χ3n) is 2.56. The van der Waals surface area contributed by atoms with Gasteiger partial charge in [0.25, 0.3) is 5.69 Å². The van der Waals surface area contributed by atoms with Gasteiger partial charge in [-0.25, -0.2) is 4.79 Å². The molecule has 0 radical (unpaired) electrons. The van der Waals surface area contributed by atoms with Crippen LogP contribution in [0.4, 0.5) is 10.5 Å². The smallest absolute Gasteiger partial charge is 0.410 e. The van der Waals surface area contributed by atoms with Gasteiger partial charge in [0.2, 0.25) is 0 Å². The van der Waals surface area contributed by atoms with E-state index in [1.54, 1.807) is 18.2 Å². The van der Waals surface area contributed by atoms with Gasteiger partial charge in [0.15, 0.2) is 0 Å². The fraction of sp³-hybridized carbons (Fsp3) is 0.417. The molecule has 1 aromatic rings. The maximum atomic E-state index is 11.6. The van der Waals surface area contributed by atoms with Crippen LogP contribution in [0, 0.1) is 10.1 Å². The third-order valence-corrected chi connectivity index (χ3v) is 2.56. The molecule has 0 fully saturated rings. The van der Waals surface area contributed by atoms with Crippen molar-refractivity contribution in [2.45, 2.75) is 20.5 Å². The van der Waals surface area contributed by atoms with E-state index in [0.717, 1.165) is 0 Å². The van der Waals surface area contributed by atoms with Gasteiger partial charge in [-0.15, -0.1) is 0 Å². The number of carbonyl (C=O) groups excluding carboxylic acids is 1. The molecule has 0 unspecified atom stereocenters. The highest BCUT2D eigenvalue weighted by atomic mass is 16.6. The first-order chi connectivity index (χ1) is 8.60. The number of ether oxygens (including phenoxy) is 1. The number of hydrogen-bond donors (Lipinski definition) is 0. The number of nitro groups is 1. The van der Waals surface area contributed by atoms with E-state index in [1.807, 2.05) is 13.8 Å². The highest BCUT2D eigenvalue weighted by molar-refractivity contribution is 5.67. The zero-order chi connectivity index (χ0) is 13.5. The molecule has 0 spiro atoms. The summed E-state index contributed by atoms with van der Waals surface area (Å²) in [6.45, 7) is 4.69. The van der Waals surface area contributed by atoms with E-state index in [1.165, 1.54) is 11.0 Å². The Morgan fingerprint density at radius 2 is 1.94 bits per heavy atom. The third kappa shape index (κ3) is 3.44. The Hall–Kier alpha value is -2.11. The van der Waals surface area contributed by atoms with Crippen molar-refractivity contribution in [3.63, 3.8) is 0 Å². The van der Waals surface area contributed by atoms with Crippen LogP contribution in [0.3, 0.4) is 0 Å². The molecule has 0 bridgehead atoms. The molecule has 6 nitrogen and oxygen atoms in total. The van der Waals surface area contributed by atoms with Gasteiger partial charge >= 0.3 is 6.09 Å². The second kappa shape index (κ2) is 6.58. The Balaban J connectivity index is 2.69. The van der Waals surface area contributed by atoms with Gasteiger partial charge in [-0.3, -0.25) is 10.1 Å². The molecule has 0 saturated carbocycles. The molecular weight excluding hydrogens is 236 g/mol. The van der Waals surface area contributed by atoms with E-state index in [4.69, 9.17) is 4.74 Å². The molecule has 0 aliphatic carbocycles. The first kappa shape index (κ1) is 14.0. The summed E-state index contributed by atoms with van der Waals surface area (Å²) in [5, 5.41) is 10.8. The summed E-state index contributed by atoms with van der Waals surface area (Å²) in [6.07, 6.45) is -0.460. The molecule has 0 atom stereocenters. The van der Waals surface area contributed by atoms with Crippen molar-refractivity contribution >= 4 is 11.8 Å². The summed E-state index contributed by atoms with van der Waals surface area (Å²) in [5.41, 5.74) is 0.354. The van der Waals surface area contributed by atoms with Crippen LogP contribution in [0.15, 0.2) is 24.3 Å². The molecule has 18 heavy (non-hydrogen) atoms.